The molecule has 0 fully saturated rings. The van der Waals surface area contributed by atoms with Gasteiger partial charge in [-0.15, -0.1) is 0 Å². The van der Waals surface area contributed by atoms with Crippen molar-refractivity contribution in [3.05, 3.63) is 39.1 Å². The molecule has 0 saturated heterocycles. The summed E-state index contributed by atoms with van der Waals surface area (Å²) in [5, 5.41) is 3.03. The van der Waals surface area contributed by atoms with E-state index in [0.717, 1.165) is 10.3 Å². The molecule has 0 saturated carbocycles. The molecular formula is C11H13N7O2. The van der Waals surface area contributed by atoms with Crippen LogP contribution in [0.4, 0.5) is 5.95 Å². The van der Waals surface area contributed by atoms with Crippen molar-refractivity contribution in [3.8, 4) is 0 Å². The van der Waals surface area contributed by atoms with Gasteiger partial charge in [-0.25, -0.2) is 9.78 Å². The van der Waals surface area contributed by atoms with Crippen LogP contribution in [-0.4, -0.2) is 29.1 Å². The molecule has 0 atom stereocenters. The summed E-state index contributed by atoms with van der Waals surface area (Å²) < 4.78 is 2.37. The van der Waals surface area contributed by atoms with E-state index in [-0.39, 0.29) is 0 Å². The van der Waals surface area contributed by atoms with Crippen LogP contribution < -0.4 is 16.6 Å². The number of H-pyrrole nitrogens is 2. The molecule has 9 heteroatoms. The van der Waals surface area contributed by atoms with Crippen molar-refractivity contribution in [2.24, 2.45) is 14.1 Å². The topological polar surface area (TPSA) is 113 Å². The number of hydrogen-bond acceptors (Lipinski definition) is 5. The number of nitrogens with one attached hydrogen (secondary N) is 3. The minimum absolute atomic E-state index is 0.293. The van der Waals surface area contributed by atoms with Crippen LogP contribution in [0, 0.1) is 0 Å². The Balaban J connectivity index is 2.03. The molecule has 0 aromatic carbocycles. The molecule has 0 aliphatic carbocycles. The second kappa shape index (κ2) is 4.37. The molecule has 0 spiro atoms. The number of nitrogens with zero attached hydrogens (tertiary/aromatic N) is 4. The summed E-state index contributed by atoms with van der Waals surface area (Å²) in [5.41, 5.74) is 0.693. The largest absolute Gasteiger partial charge is 0.350 e. The summed E-state index contributed by atoms with van der Waals surface area (Å²) in [5.74, 6) is 0.424. The van der Waals surface area contributed by atoms with Crippen LogP contribution in [0.25, 0.3) is 11.2 Å². The number of hydrogen-bond donors (Lipinski definition) is 3. The van der Waals surface area contributed by atoms with Gasteiger partial charge in [-0.3, -0.25) is 13.9 Å². The first-order valence-corrected chi connectivity index (χ1v) is 5.95. The van der Waals surface area contributed by atoms with E-state index in [1.165, 1.54) is 11.6 Å². The zero-order chi connectivity index (χ0) is 14.3. The number of aromatic amines is 2. The Kier molecular flexibility index (Phi) is 2.67. The van der Waals surface area contributed by atoms with E-state index >= 15 is 0 Å². The molecule has 0 radical (unpaired) electrons. The molecular weight excluding hydrogens is 262 g/mol. The van der Waals surface area contributed by atoms with Gasteiger partial charge < -0.3 is 15.3 Å². The van der Waals surface area contributed by atoms with Gasteiger partial charge in [-0.1, -0.05) is 0 Å². The summed E-state index contributed by atoms with van der Waals surface area (Å²) in [7, 11) is 3.01. The third-order valence-electron chi connectivity index (χ3n) is 3.10. The van der Waals surface area contributed by atoms with Gasteiger partial charge in [0.2, 0.25) is 5.95 Å². The van der Waals surface area contributed by atoms with E-state index in [4.69, 9.17) is 0 Å². The maximum absolute atomic E-state index is 12.0. The molecule has 0 aliphatic rings. The monoisotopic (exact) mass is 275 g/mol. The standard InChI is InChI=1S/C11H13N7O2/c1-17-8-7(9(19)18(2)11(17)20)15-10(16-8)13-4-6-3-12-5-14-6/h3,5H,4H2,1-2H3,(H,12,14)(H2,13,15,16). The van der Waals surface area contributed by atoms with Crippen molar-refractivity contribution in [1.29, 1.82) is 0 Å². The van der Waals surface area contributed by atoms with E-state index in [9.17, 15) is 9.59 Å². The molecule has 3 aromatic heterocycles. The Morgan fingerprint density at radius 3 is 2.80 bits per heavy atom. The highest BCUT2D eigenvalue weighted by molar-refractivity contribution is 5.72. The zero-order valence-corrected chi connectivity index (χ0v) is 11.0. The lowest BCUT2D eigenvalue weighted by atomic mass is 10.5. The first-order valence-electron chi connectivity index (χ1n) is 5.95. The Morgan fingerprint density at radius 2 is 2.10 bits per heavy atom. The van der Waals surface area contributed by atoms with E-state index in [1.54, 1.807) is 19.6 Å². The minimum atomic E-state index is -0.408. The van der Waals surface area contributed by atoms with Crippen LogP contribution in [0.1, 0.15) is 5.69 Å². The Bertz CT molecular complexity index is 869. The number of imidazole rings is 2. The predicted molar refractivity (Wildman–Crippen MR) is 72.5 cm³/mol. The molecule has 3 rings (SSSR count). The number of aromatic nitrogens is 6. The Labute approximate surface area is 112 Å². The fraction of sp³-hybridized carbons (Fsp3) is 0.273. The van der Waals surface area contributed by atoms with E-state index in [0.29, 0.717) is 23.7 Å². The van der Waals surface area contributed by atoms with Crippen LogP contribution in [-0.2, 0) is 20.6 Å². The summed E-state index contributed by atoms with van der Waals surface area (Å²) in [4.78, 5) is 37.7. The van der Waals surface area contributed by atoms with E-state index in [2.05, 4.69) is 25.3 Å². The van der Waals surface area contributed by atoms with Crippen LogP contribution in [0.2, 0.25) is 0 Å². The lowest BCUT2D eigenvalue weighted by Crippen LogP contribution is -2.36. The van der Waals surface area contributed by atoms with Crippen molar-refractivity contribution < 1.29 is 0 Å². The molecule has 0 unspecified atom stereocenters. The molecule has 0 amide bonds. The van der Waals surface area contributed by atoms with Crippen LogP contribution in [0.3, 0.4) is 0 Å². The Morgan fingerprint density at radius 1 is 1.30 bits per heavy atom. The lowest BCUT2D eigenvalue weighted by Gasteiger charge is -2.00. The van der Waals surface area contributed by atoms with Gasteiger partial charge in [-0.05, 0) is 0 Å². The lowest BCUT2D eigenvalue weighted by molar-refractivity contribution is 0.709. The van der Waals surface area contributed by atoms with Crippen molar-refractivity contribution in [1.82, 2.24) is 29.1 Å². The van der Waals surface area contributed by atoms with E-state index in [1.807, 2.05) is 0 Å². The van der Waals surface area contributed by atoms with Crippen LogP contribution >= 0.6 is 0 Å². The molecule has 20 heavy (non-hydrogen) atoms. The normalized spacial score (nSPS) is 11.1. The second-order valence-electron chi connectivity index (χ2n) is 4.42. The van der Waals surface area contributed by atoms with Gasteiger partial charge in [0.1, 0.15) is 0 Å². The quantitative estimate of drug-likeness (QED) is 0.584. The van der Waals surface area contributed by atoms with Crippen molar-refractivity contribution in [2.75, 3.05) is 5.32 Å². The summed E-state index contributed by atoms with van der Waals surface area (Å²) in [6.07, 6.45) is 3.26. The summed E-state index contributed by atoms with van der Waals surface area (Å²) in [6.45, 7) is 0.480. The SMILES string of the molecule is Cn1c(=O)c2[nH]c(NCc3cnc[nH]3)nc2n(C)c1=O. The van der Waals surface area contributed by atoms with Crippen LogP contribution in [0.15, 0.2) is 22.1 Å². The van der Waals surface area contributed by atoms with Crippen molar-refractivity contribution in [2.45, 2.75) is 6.54 Å². The average molecular weight is 275 g/mol. The molecule has 3 N–H and O–H groups in total. The number of anilines is 1. The molecule has 104 valence electrons. The van der Waals surface area contributed by atoms with Gasteiger partial charge in [0.15, 0.2) is 11.2 Å². The molecule has 0 bridgehead atoms. The summed E-state index contributed by atoms with van der Waals surface area (Å²) in [6, 6.07) is 0. The van der Waals surface area contributed by atoms with E-state index < -0.39 is 11.2 Å². The van der Waals surface area contributed by atoms with Crippen LogP contribution in [0.5, 0.6) is 0 Å². The molecule has 0 aliphatic heterocycles. The molecule has 3 heterocycles. The maximum Gasteiger partial charge on any atom is 0.332 e. The predicted octanol–water partition coefficient (Wildman–Crippen LogP) is -0.705. The number of rotatable bonds is 3. The number of aryl methyl sites for hydroxylation is 1. The van der Waals surface area contributed by atoms with Crippen molar-refractivity contribution >= 4 is 17.1 Å². The van der Waals surface area contributed by atoms with Gasteiger partial charge in [0, 0.05) is 20.3 Å². The first kappa shape index (κ1) is 12.2. The highest BCUT2D eigenvalue weighted by atomic mass is 16.2. The second-order valence-corrected chi connectivity index (χ2v) is 4.42. The molecule has 9 nitrogen and oxygen atoms in total. The highest BCUT2D eigenvalue weighted by Gasteiger charge is 2.13. The van der Waals surface area contributed by atoms with Gasteiger partial charge in [-0.2, -0.15) is 4.98 Å². The van der Waals surface area contributed by atoms with Gasteiger partial charge in [0.05, 0.1) is 18.6 Å². The Hall–Kier alpha value is -2.84. The first-order chi connectivity index (χ1) is 9.58. The fourth-order valence-corrected chi connectivity index (χ4v) is 1.97. The third kappa shape index (κ3) is 1.79. The van der Waals surface area contributed by atoms with Crippen molar-refractivity contribution in [3.63, 3.8) is 0 Å². The average Bonchev–Trinajstić information content (AvgIpc) is 3.09. The summed E-state index contributed by atoms with van der Waals surface area (Å²) >= 11 is 0. The zero-order valence-electron chi connectivity index (χ0n) is 11.0. The van der Waals surface area contributed by atoms with Gasteiger partial charge in [0.25, 0.3) is 5.56 Å². The fourth-order valence-electron chi connectivity index (χ4n) is 1.97. The smallest absolute Gasteiger partial charge is 0.332 e. The molecule has 3 aromatic rings. The minimum Gasteiger partial charge on any atom is -0.350 e. The van der Waals surface area contributed by atoms with Gasteiger partial charge >= 0.3 is 5.69 Å². The third-order valence-corrected chi connectivity index (χ3v) is 3.10. The maximum atomic E-state index is 12.0. The number of fused-ring (bicyclic) bond motifs is 1. The highest BCUT2D eigenvalue weighted by Crippen LogP contribution is 2.09.